The summed E-state index contributed by atoms with van der Waals surface area (Å²) in [5, 5.41) is 0. The van der Waals surface area contributed by atoms with Crippen molar-refractivity contribution < 1.29 is 4.74 Å². The van der Waals surface area contributed by atoms with Crippen LogP contribution in [-0.4, -0.2) is 12.1 Å². The molecule has 70 valence electrons. The van der Waals surface area contributed by atoms with Gasteiger partial charge in [-0.25, -0.2) is 0 Å². The predicted molar refractivity (Wildman–Crippen MR) is 51.3 cm³/mol. The molecule has 3 heteroatoms. The molecular formula is C10H14N2O. The van der Waals surface area contributed by atoms with Crippen LogP contribution >= 0.6 is 0 Å². The van der Waals surface area contributed by atoms with E-state index in [2.05, 4.69) is 11.5 Å². The van der Waals surface area contributed by atoms with Gasteiger partial charge in [-0.3, -0.25) is 11.3 Å². The maximum Gasteiger partial charge on any atom is 0.123 e. The van der Waals surface area contributed by atoms with E-state index in [0.717, 1.165) is 12.2 Å². The summed E-state index contributed by atoms with van der Waals surface area (Å²) in [4.78, 5) is 0. The smallest absolute Gasteiger partial charge is 0.123 e. The molecule has 3 N–H and O–H groups in total. The first-order valence-corrected chi connectivity index (χ1v) is 4.52. The lowest BCUT2D eigenvalue weighted by atomic mass is 10.1. The second-order valence-corrected chi connectivity index (χ2v) is 3.42. The third-order valence-corrected chi connectivity index (χ3v) is 2.49. The van der Waals surface area contributed by atoms with Gasteiger partial charge in [0, 0.05) is 6.42 Å². The first-order valence-electron chi connectivity index (χ1n) is 4.52. The van der Waals surface area contributed by atoms with Gasteiger partial charge in [0.05, 0.1) is 6.04 Å². The topological polar surface area (TPSA) is 47.3 Å². The molecule has 0 fully saturated rings. The summed E-state index contributed by atoms with van der Waals surface area (Å²) in [5.74, 6) is 6.35. The number of nitrogens with two attached hydrogens (primary N) is 1. The van der Waals surface area contributed by atoms with Gasteiger partial charge in [0.2, 0.25) is 0 Å². The van der Waals surface area contributed by atoms with Gasteiger partial charge in [0.1, 0.15) is 11.9 Å². The Labute approximate surface area is 77.9 Å². The second kappa shape index (κ2) is 3.36. The maximum absolute atomic E-state index is 5.72. The minimum absolute atomic E-state index is 0.169. The van der Waals surface area contributed by atoms with Gasteiger partial charge in [-0.15, -0.1) is 0 Å². The number of fused-ring (bicyclic) bond motifs is 1. The van der Waals surface area contributed by atoms with E-state index in [0.29, 0.717) is 0 Å². The molecule has 2 unspecified atom stereocenters. The van der Waals surface area contributed by atoms with E-state index in [4.69, 9.17) is 10.6 Å². The highest BCUT2D eigenvalue weighted by Crippen LogP contribution is 2.29. The minimum atomic E-state index is 0.169. The number of nitrogens with one attached hydrogen (secondary N) is 1. The Morgan fingerprint density at radius 3 is 3.00 bits per heavy atom. The average molecular weight is 178 g/mol. The molecule has 1 heterocycles. The Balaban J connectivity index is 2.14. The molecule has 1 aromatic rings. The summed E-state index contributed by atoms with van der Waals surface area (Å²) in [6.07, 6.45) is 1.11. The lowest BCUT2D eigenvalue weighted by Gasteiger charge is -2.17. The second-order valence-electron chi connectivity index (χ2n) is 3.42. The SMILES string of the molecule is CC(NN)C1Cc2ccccc2O1. The zero-order valence-electron chi connectivity index (χ0n) is 7.66. The standard InChI is InChI=1S/C10H14N2O/c1-7(12-11)10-6-8-4-2-3-5-9(8)13-10/h2-5,7,10,12H,6,11H2,1H3. The van der Waals surface area contributed by atoms with Crippen molar-refractivity contribution in [1.29, 1.82) is 0 Å². The monoisotopic (exact) mass is 178 g/mol. The zero-order valence-corrected chi connectivity index (χ0v) is 7.66. The third kappa shape index (κ3) is 1.53. The molecule has 0 amide bonds. The van der Waals surface area contributed by atoms with Crippen molar-refractivity contribution in [2.75, 3.05) is 0 Å². The van der Waals surface area contributed by atoms with Crippen molar-refractivity contribution in [3.8, 4) is 5.75 Å². The van der Waals surface area contributed by atoms with E-state index in [-0.39, 0.29) is 12.1 Å². The molecule has 0 aromatic heterocycles. The van der Waals surface area contributed by atoms with Crippen molar-refractivity contribution in [3.05, 3.63) is 29.8 Å². The maximum atomic E-state index is 5.72. The Kier molecular flexibility index (Phi) is 2.20. The molecule has 1 aliphatic rings. The van der Waals surface area contributed by atoms with Crippen LogP contribution in [0.15, 0.2) is 24.3 Å². The van der Waals surface area contributed by atoms with Crippen LogP contribution in [0.3, 0.4) is 0 Å². The summed E-state index contributed by atoms with van der Waals surface area (Å²) in [7, 11) is 0. The lowest BCUT2D eigenvalue weighted by molar-refractivity contribution is 0.187. The van der Waals surface area contributed by atoms with Gasteiger partial charge in [0.15, 0.2) is 0 Å². The van der Waals surface area contributed by atoms with Crippen molar-refractivity contribution in [2.45, 2.75) is 25.5 Å². The molecule has 0 spiro atoms. The molecule has 2 rings (SSSR count). The molecule has 1 aliphatic heterocycles. The highest BCUT2D eigenvalue weighted by molar-refractivity contribution is 5.37. The van der Waals surface area contributed by atoms with Gasteiger partial charge < -0.3 is 4.74 Å². The minimum Gasteiger partial charge on any atom is -0.488 e. The molecule has 0 saturated heterocycles. The van der Waals surface area contributed by atoms with Crippen molar-refractivity contribution >= 4 is 0 Å². The fraction of sp³-hybridized carbons (Fsp3) is 0.400. The van der Waals surface area contributed by atoms with E-state index in [9.17, 15) is 0 Å². The number of rotatable bonds is 2. The highest BCUT2D eigenvalue weighted by Gasteiger charge is 2.26. The van der Waals surface area contributed by atoms with E-state index in [1.807, 2.05) is 25.1 Å². The molecule has 3 nitrogen and oxygen atoms in total. The number of para-hydroxylation sites is 1. The van der Waals surface area contributed by atoms with Gasteiger partial charge in [0.25, 0.3) is 0 Å². The van der Waals surface area contributed by atoms with Crippen molar-refractivity contribution in [1.82, 2.24) is 5.43 Å². The number of benzene rings is 1. The van der Waals surface area contributed by atoms with Crippen molar-refractivity contribution in [3.63, 3.8) is 0 Å². The Morgan fingerprint density at radius 1 is 1.54 bits per heavy atom. The Bertz CT molecular complexity index is 276. The number of hydrogen-bond acceptors (Lipinski definition) is 3. The van der Waals surface area contributed by atoms with Gasteiger partial charge in [-0.1, -0.05) is 18.2 Å². The average Bonchev–Trinajstić information content (AvgIpc) is 2.59. The first kappa shape index (κ1) is 8.53. The molecular weight excluding hydrogens is 164 g/mol. The lowest BCUT2D eigenvalue weighted by Crippen LogP contribution is -2.43. The molecule has 0 aliphatic carbocycles. The largest absolute Gasteiger partial charge is 0.488 e. The quantitative estimate of drug-likeness (QED) is 0.521. The molecule has 13 heavy (non-hydrogen) atoms. The summed E-state index contributed by atoms with van der Waals surface area (Å²) in [5.41, 5.74) is 3.99. The van der Waals surface area contributed by atoms with Gasteiger partial charge in [-0.05, 0) is 18.6 Å². The van der Waals surface area contributed by atoms with Crippen LogP contribution in [0.2, 0.25) is 0 Å². The number of hydrogen-bond donors (Lipinski definition) is 2. The molecule has 1 aromatic carbocycles. The first-order chi connectivity index (χ1) is 6.31. The van der Waals surface area contributed by atoms with Crippen LogP contribution in [0, 0.1) is 0 Å². The van der Waals surface area contributed by atoms with E-state index >= 15 is 0 Å². The number of ether oxygens (including phenoxy) is 1. The van der Waals surface area contributed by atoms with Gasteiger partial charge in [-0.2, -0.15) is 0 Å². The molecule has 0 saturated carbocycles. The summed E-state index contributed by atoms with van der Waals surface area (Å²) in [6, 6.07) is 8.30. The van der Waals surface area contributed by atoms with Crippen LogP contribution in [0.1, 0.15) is 12.5 Å². The van der Waals surface area contributed by atoms with Crippen LogP contribution < -0.4 is 16.0 Å². The normalized spacial score (nSPS) is 22.2. The Hall–Kier alpha value is -1.06. The summed E-state index contributed by atoms with van der Waals surface area (Å²) < 4.78 is 5.72. The predicted octanol–water partition coefficient (Wildman–Crippen LogP) is 0.842. The fourth-order valence-electron chi connectivity index (χ4n) is 1.60. The van der Waals surface area contributed by atoms with Crippen LogP contribution in [-0.2, 0) is 6.42 Å². The van der Waals surface area contributed by atoms with E-state index < -0.39 is 0 Å². The fourth-order valence-corrected chi connectivity index (χ4v) is 1.60. The molecule has 0 radical (unpaired) electrons. The highest BCUT2D eigenvalue weighted by atomic mass is 16.5. The number of hydrazine groups is 1. The van der Waals surface area contributed by atoms with Crippen LogP contribution in [0.4, 0.5) is 0 Å². The van der Waals surface area contributed by atoms with E-state index in [1.54, 1.807) is 0 Å². The third-order valence-electron chi connectivity index (χ3n) is 2.49. The zero-order chi connectivity index (χ0) is 9.26. The van der Waals surface area contributed by atoms with E-state index in [1.165, 1.54) is 5.56 Å². The van der Waals surface area contributed by atoms with Crippen LogP contribution in [0.25, 0.3) is 0 Å². The molecule has 2 atom stereocenters. The van der Waals surface area contributed by atoms with Crippen molar-refractivity contribution in [2.24, 2.45) is 5.84 Å². The van der Waals surface area contributed by atoms with Gasteiger partial charge >= 0.3 is 0 Å². The summed E-state index contributed by atoms with van der Waals surface area (Å²) in [6.45, 7) is 2.02. The van der Waals surface area contributed by atoms with Crippen LogP contribution in [0.5, 0.6) is 5.75 Å². The summed E-state index contributed by atoms with van der Waals surface area (Å²) >= 11 is 0. The molecule has 0 bridgehead atoms. The Morgan fingerprint density at radius 2 is 2.31 bits per heavy atom.